The Kier molecular flexibility index (Phi) is 6.87. The van der Waals surface area contributed by atoms with Gasteiger partial charge in [0, 0.05) is 34.9 Å². The number of para-hydroxylation sites is 1. The van der Waals surface area contributed by atoms with Crippen LogP contribution in [0.15, 0.2) is 30.3 Å². The van der Waals surface area contributed by atoms with E-state index in [9.17, 15) is 0 Å². The third-order valence-electron chi connectivity index (χ3n) is 4.11. The third-order valence-corrected chi connectivity index (χ3v) is 4.11. The van der Waals surface area contributed by atoms with E-state index in [-0.39, 0.29) is 24.8 Å². The molecule has 0 unspecified atom stereocenters. The maximum absolute atomic E-state index is 4.67. The first-order chi connectivity index (χ1) is 10.1. The van der Waals surface area contributed by atoms with Crippen molar-refractivity contribution in [1.82, 2.24) is 9.55 Å². The van der Waals surface area contributed by atoms with E-state index in [1.807, 2.05) is 0 Å². The summed E-state index contributed by atoms with van der Waals surface area (Å²) < 4.78 is 2.45. The summed E-state index contributed by atoms with van der Waals surface area (Å²) in [4.78, 5) is 6.18. The molecule has 0 atom stereocenters. The number of hydrogen-bond donors (Lipinski definition) is 1. The van der Waals surface area contributed by atoms with Crippen molar-refractivity contribution in [3.8, 4) is 0 Å². The van der Waals surface area contributed by atoms with E-state index < -0.39 is 0 Å². The van der Waals surface area contributed by atoms with Crippen molar-refractivity contribution in [1.29, 1.82) is 0 Å². The number of aromatic nitrogens is 2. The van der Waals surface area contributed by atoms with E-state index >= 15 is 0 Å². The highest BCUT2D eigenvalue weighted by molar-refractivity contribution is 6.08. The van der Waals surface area contributed by atoms with E-state index in [4.69, 9.17) is 0 Å². The average molecular weight is 354 g/mol. The standard InChI is InChI=1S/C18H23N3.2ClH/c1-13-12-16-15-8-5-6-9-17(15)21(11-7-10-20(3)4)18(16)14(2)19-13;;/h5-6,8-9,12H,7,10-11H2,1-4H3;2*1H. The fourth-order valence-electron chi connectivity index (χ4n) is 3.25. The largest absolute Gasteiger partial charge is 1.00 e. The molecule has 0 radical (unpaired) electrons. The minimum atomic E-state index is 0. The van der Waals surface area contributed by atoms with Crippen molar-refractivity contribution in [2.24, 2.45) is 0 Å². The summed E-state index contributed by atoms with van der Waals surface area (Å²) >= 11 is 0. The number of pyridine rings is 1. The lowest BCUT2D eigenvalue weighted by Gasteiger charge is -2.11. The highest BCUT2D eigenvalue weighted by Crippen LogP contribution is 2.30. The highest BCUT2D eigenvalue weighted by atomic mass is 35.5. The van der Waals surface area contributed by atoms with Crippen LogP contribution in [0.5, 0.6) is 0 Å². The van der Waals surface area contributed by atoms with Crippen LogP contribution in [-0.4, -0.2) is 30.2 Å². The van der Waals surface area contributed by atoms with Gasteiger partial charge in [-0.2, -0.15) is 0 Å². The molecule has 1 N–H and O–H groups in total. The molecule has 0 aliphatic rings. The lowest BCUT2D eigenvalue weighted by molar-refractivity contribution is -0.858. The molecular formula is C18H25Cl2N3. The van der Waals surface area contributed by atoms with Crippen molar-refractivity contribution in [3.63, 3.8) is 0 Å². The number of aryl methyl sites for hydroxylation is 3. The molecule has 23 heavy (non-hydrogen) atoms. The fraction of sp³-hybridized carbons (Fsp3) is 0.389. The van der Waals surface area contributed by atoms with Gasteiger partial charge in [0.15, 0.2) is 0 Å². The molecular weight excluding hydrogens is 329 g/mol. The third kappa shape index (κ3) is 3.79. The Morgan fingerprint density at radius 1 is 1.09 bits per heavy atom. The first kappa shape index (κ1) is 19.8. The van der Waals surface area contributed by atoms with Gasteiger partial charge in [-0.05, 0) is 26.0 Å². The summed E-state index contributed by atoms with van der Waals surface area (Å²) in [5, 5.41) is 2.69. The van der Waals surface area contributed by atoms with E-state index in [0.717, 1.165) is 17.9 Å². The normalized spacial score (nSPS) is 10.8. The van der Waals surface area contributed by atoms with Gasteiger partial charge >= 0.3 is 0 Å². The van der Waals surface area contributed by atoms with Gasteiger partial charge in [0.05, 0.1) is 31.9 Å². The first-order valence-electron chi connectivity index (χ1n) is 7.72. The Morgan fingerprint density at radius 2 is 1.78 bits per heavy atom. The maximum Gasteiger partial charge on any atom is 0.0784 e. The molecule has 126 valence electrons. The monoisotopic (exact) mass is 353 g/mol. The molecule has 0 aliphatic carbocycles. The van der Waals surface area contributed by atoms with Gasteiger partial charge in [0.1, 0.15) is 0 Å². The van der Waals surface area contributed by atoms with Crippen molar-refractivity contribution >= 4 is 34.2 Å². The lowest BCUT2D eigenvalue weighted by atomic mass is 10.1. The second kappa shape index (κ2) is 8.00. The fourth-order valence-corrected chi connectivity index (χ4v) is 3.25. The number of fused-ring (bicyclic) bond motifs is 3. The van der Waals surface area contributed by atoms with Crippen LogP contribution in [-0.2, 0) is 6.54 Å². The van der Waals surface area contributed by atoms with Crippen molar-refractivity contribution in [2.75, 3.05) is 20.6 Å². The van der Waals surface area contributed by atoms with Crippen LogP contribution in [0.3, 0.4) is 0 Å². The molecule has 0 bridgehead atoms. The topological polar surface area (TPSA) is 22.3 Å². The number of rotatable bonds is 4. The quantitative estimate of drug-likeness (QED) is 0.687. The Balaban J connectivity index is 0.00000132. The van der Waals surface area contributed by atoms with Crippen molar-refractivity contribution in [3.05, 3.63) is 41.7 Å². The minimum absolute atomic E-state index is 0. The molecule has 3 aromatic rings. The number of halogens is 2. The molecule has 3 rings (SSSR count). The molecule has 0 saturated heterocycles. The van der Waals surface area contributed by atoms with Crippen LogP contribution in [0.2, 0.25) is 0 Å². The number of quaternary nitrogens is 1. The summed E-state index contributed by atoms with van der Waals surface area (Å²) in [7, 11) is 4.42. The Bertz CT molecular complexity index is 794. The molecule has 0 saturated carbocycles. The average Bonchev–Trinajstić information content (AvgIpc) is 2.74. The van der Waals surface area contributed by atoms with Gasteiger partial charge in [-0.1, -0.05) is 18.2 Å². The smallest absolute Gasteiger partial charge is 0.0784 e. The second-order valence-electron chi connectivity index (χ2n) is 6.22. The predicted octanol–water partition coefficient (Wildman–Crippen LogP) is -0.233. The molecule has 2 aromatic heterocycles. The summed E-state index contributed by atoms with van der Waals surface area (Å²) in [6.07, 6.45) is 1.18. The van der Waals surface area contributed by atoms with Crippen LogP contribution < -0.4 is 17.3 Å². The molecule has 3 nitrogen and oxygen atoms in total. The van der Waals surface area contributed by atoms with Crippen molar-refractivity contribution < 1.29 is 17.3 Å². The molecule has 0 fully saturated rings. The van der Waals surface area contributed by atoms with Gasteiger partial charge in [0.2, 0.25) is 0 Å². The minimum Gasteiger partial charge on any atom is -1.00 e. The Morgan fingerprint density at radius 3 is 2.48 bits per heavy atom. The zero-order valence-corrected chi connectivity index (χ0v) is 15.8. The highest BCUT2D eigenvalue weighted by Gasteiger charge is 2.13. The molecule has 0 spiro atoms. The summed E-state index contributed by atoms with van der Waals surface area (Å²) in [6, 6.07) is 10.9. The van der Waals surface area contributed by atoms with E-state index in [2.05, 4.69) is 67.8 Å². The Hall–Kier alpha value is -1.29. The first-order valence-corrected chi connectivity index (χ1v) is 7.72. The summed E-state index contributed by atoms with van der Waals surface area (Å²) in [5.74, 6) is 0. The molecule has 0 amide bonds. The summed E-state index contributed by atoms with van der Waals surface area (Å²) in [5.41, 5.74) is 4.87. The number of benzene rings is 1. The van der Waals surface area contributed by atoms with Gasteiger partial charge in [-0.15, -0.1) is 12.4 Å². The molecule has 5 heteroatoms. The zero-order chi connectivity index (χ0) is 15.0. The zero-order valence-electron chi connectivity index (χ0n) is 14.2. The predicted molar refractivity (Wildman–Crippen MR) is 96.3 cm³/mol. The summed E-state index contributed by atoms with van der Waals surface area (Å²) in [6.45, 7) is 6.45. The van der Waals surface area contributed by atoms with Crippen LogP contribution in [0, 0.1) is 13.8 Å². The van der Waals surface area contributed by atoms with E-state index in [1.54, 1.807) is 0 Å². The van der Waals surface area contributed by atoms with Gasteiger partial charge in [-0.25, -0.2) is 0 Å². The van der Waals surface area contributed by atoms with Crippen LogP contribution in [0.1, 0.15) is 17.8 Å². The lowest BCUT2D eigenvalue weighted by Crippen LogP contribution is -3.05. The van der Waals surface area contributed by atoms with Gasteiger partial charge < -0.3 is 21.9 Å². The SMILES string of the molecule is Cc1cc2c3ccccc3n(CCC[NH+](C)C)c2c(C)n1.Cl.[Cl-]. The molecule has 1 aromatic carbocycles. The van der Waals surface area contributed by atoms with Crippen LogP contribution in [0.4, 0.5) is 0 Å². The van der Waals surface area contributed by atoms with E-state index in [0.29, 0.717) is 0 Å². The van der Waals surface area contributed by atoms with Crippen LogP contribution >= 0.6 is 12.4 Å². The van der Waals surface area contributed by atoms with Gasteiger partial charge in [-0.3, -0.25) is 4.98 Å². The maximum atomic E-state index is 4.67. The molecule has 2 heterocycles. The molecule has 0 aliphatic heterocycles. The number of hydrogen-bond acceptors (Lipinski definition) is 1. The number of nitrogens with one attached hydrogen (secondary N) is 1. The van der Waals surface area contributed by atoms with Crippen LogP contribution in [0.25, 0.3) is 21.8 Å². The second-order valence-corrected chi connectivity index (χ2v) is 6.22. The van der Waals surface area contributed by atoms with Gasteiger partial charge in [0.25, 0.3) is 0 Å². The number of nitrogens with zero attached hydrogens (tertiary/aromatic N) is 2. The van der Waals surface area contributed by atoms with E-state index in [1.165, 1.54) is 39.7 Å². The Labute approximate surface area is 150 Å². The van der Waals surface area contributed by atoms with Crippen molar-refractivity contribution in [2.45, 2.75) is 26.8 Å².